The number of thioether (sulfide) groups is 1. The van der Waals surface area contributed by atoms with E-state index < -0.39 is 5.95 Å². The summed E-state index contributed by atoms with van der Waals surface area (Å²) >= 11 is 1.74. The van der Waals surface area contributed by atoms with Crippen molar-refractivity contribution >= 4 is 28.8 Å². The van der Waals surface area contributed by atoms with Crippen LogP contribution in [-0.2, 0) is 4.79 Å². The number of nitrogens with one attached hydrogen (secondary N) is 1. The Morgan fingerprint density at radius 2 is 2.00 bits per heavy atom. The van der Waals surface area contributed by atoms with E-state index in [4.69, 9.17) is 0 Å². The number of hydrogen-bond acceptors (Lipinski definition) is 6. The van der Waals surface area contributed by atoms with Gasteiger partial charge >= 0.3 is 0 Å². The first-order valence-corrected chi connectivity index (χ1v) is 11.8. The molecule has 0 radical (unpaired) electrons. The number of benzene rings is 1. The number of rotatable bonds is 6. The van der Waals surface area contributed by atoms with E-state index in [9.17, 15) is 9.18 Å². The maximum absolute atomic E-state index is 13.5. The molecule has 3 aliphatic rings. The maximum Gasteiger partial charge on any atom is 0.214 e. The van der Waals surface area contributed by atoms with Crippen LogP contribution in [0.25, 0.3) is 4.91 Å². The van der Waals surface area contributed by atoms with Crippen LogP contribution in [0.3, 0.4) is 0 Å². The van der Waals surface area contributed by atoms with Gasteiger partial charge in [-0.2, -0.15) is 4.39 Å². The molecule has 0 amide bonds. The number of hydrogen-bond donors (Lipinski definition) is 1. The van der Waals surface area contributed by atoms with Gasteiger partial charge in [0.25, 0.3) is 0 Å². The van der Waals surface area contributed by atoms with Crippen LogP contribution in [0.4, 0.5) is 10.2 Å². The van der Waals surface area contributed by atoms with Crippen LogP contribution in [-0.4, -0.2) is 45.8 Å². The van der Waals surface area contributed by atoms with Gasteiger partial charge in [0.05, 0.1) is 5.37 Å². The van der Waals surface area contributed by atoms with Crippen LogP contribution in [0.1, 0.15) is 38.2 Å². The predicted octanol–water partition coefficient (Wildman–Crippen LogP) is 4.75. The number of piperidine rings is 1. The largest absolute Gasteiger partial charge is 0.368 e. The molecule has 5 rings (SSSR count). The highest BCUT2D eigenvalue weighted by Crippen LogP contribution is 2.56. The van der Waals surface area contributed by atoms with Gasteiger partial charge in [-0.3, -0.25) is 9.80 Å². The van der Waals surface area contributed by atoms with E-state index in [2.05, 4.69) is 39.4 Å². The van der Waals surface area contributed by atoms with Gasteiger partial charge in [0.2, 0.25) is 5.95 Å². The van der Waals surface area contributed by atoms with Crippen LogP contribution in [0.15, 0.2) is 54.2 Å². The Hall–Kier alpha value is -2.38. The second-order valence-corrected chi connectivity index (χ2v) is 10.1. The molecule has 3 heterocycles. The molecule has 31 heavy (non-hydrogen) atoms. The highest BCUT2D eigenvalue weighted by molar-refractivity contribution is 8.09. The van der Waals surface area contributed by atoms with Crippen LogP contribution in [0.2, 0.25) is 0 Å². The molecular weight excluding hydrogens is 411 g/mol. The van der Waals surface area contributed by atoms with E-state index in [1.165, 1.54) is 18.9 Å². The highest BCUT2D eigenvalue weighted by Gasteiger charge is 2.50. The van der Waals surface area contributed by atoms with Crippen molar-refractivity contribution in [2.24, 2.45) is 5.41 Å². The molecule has 1 saturated heterocycles. The van der Waals surface area contributed by atoms with Gasteiger partial charge in [0.1, 0.15) is 11.5 Å². The van der Waals surface area contributed by atoms with Gasteiger partial charge in [-0.25, -0.2) is 9.99 Å². The maximum atomic E-state index is 13.5. The lowest BCUT2D eigenvalue weighted by atomic mass is 9.88. The number of carbonyl (C=O) groups is 1. The second kappa shape index (κ2) is 8.28. The van der Waals surface area contributed by atoms with Crippen molar-refractivity contribution in [1.29, 1.82) is 0 Å². The standard InChI is InChI=1S/C24H27FN4OS/c1-17-29(20(16-30)23(31-17)18-6-3-2-4-7-18)28-13-12-24(10-11-24)14-19(28)15-26-22-9-5-8-21(25)27-22/h2-9,16-17,19H,10-15H2,1H3,(H,26,27)/t17-,19?/m0/s1. The molecule has 0 bridgehead atoms. The number of anilines is 1. The van der Waals surface area contributed by atoms with E-state index in [0.717, 1.165) is 41.8 Å². The summed E-state index contributed by atoms with van der Waals surface area (Å²) in [4.78, 5) is 17.2. The van der Waals surface area contributed by atoms with E-state index in [-0.39, 0.29) is 11.4 Å². The number of nitrogens with zero attached hydrogens (tertiary/aromatic N) is 3. The third kappa shape index (κ3) is 4.08. The van der Waals surface area contributed by atoms with Crippen molar-refractivity contribution in [3.63, 3.8) is 0 Å². The molecule has 2 aromatic rings. The summed E-state index contributed by atoms with van der Waals surface area (Å²) < 4.78 is 13.5. The van der Waals surface area contributed by atoms with Gasteiger partial charge in [-0.15, -0.1) is 0 Å². The molecule has 1 spiro atoms. The van der Waals surface area contributed by atoms with Gasteiger partial charge in [0, 0.05) is 24.0 Å². The van der Waals surface area contributed by atoms with E-state index >= 15 is 0 Å². The zero-order valence-electron chi connectivity index (χ0n) is 17.6. The molecule has 7 heteroatoms. The number of aromatic nitrogens is 1. The first-order valence-electron chi connectivity index (χ1n) is 10.9. The molecule has 5 nitrogen and oxygen atoms in total. The molecule has 2 aliphatic heterocycles. The Balaban J connectivity index is 1.42. The fourth-order valence-corrected chi connectivity index (χ4v) is 6.11. The lowest BCUT2D eigenvalue weighted by Gasteiger charge is -2.47. The van der Waals surface area contributed by atoms with Crippen molar-refractivity contribution in [2.75, 3.05) is 18.4 Å². The quantitative estimate of drug-likeness (QED) is 0.519. The SMILES string of the molecule is C[C@@H]1SC(c2ccccc2)=C(C=O)N1N1CCC2(CC2)CC1CNc1cccc(F)n1. The van der Waals surface area contributed by atoms with Gasteiger partial charge in [-0.1, -0.05) is 48.2 Å². The highest BCUT2D eigenvalue weighted by atomic mass is 32.2. The number of halogens is 1. The summed E-state index contributed by atoms with van der Waals surface area (Å²) in [6.45, 7) is 3.75. The first-order chi connectivity index (χ1) is 15.1. The summed E-state index contributed by atoms with van der Waals surface area (Å²) in [6, 6.07) is 15.2. The molecule has 1 saturated carbocycles. The van der Waals surface area contributed by atoms with Gasteiger partial charge in [-0.05, 0) is 55.7 Å². The molecule has 2 fully saturated rings. The van der Waals surface area contributed by atoms with Crippen LogP contribution in [0, 0.1) is 11.4 Å². The smallest absolute Gasteiger partial charge is 0.214 e. The number of allylic oxidation sites excluding steroid dienone is 1. The number of carbonyl (C=O) groups excluding carboxylic acids is 1. The monoisotopic (exact) mass is 438 g/mol. The lowest BCUT2D eigenvalue weighted by Crippen LogP contribution is -2.56. The minimum Gasteiger partial charge on any atom is -0.368 e. The summed E-state index contributed by atoms with van der Waals surface area (Å²) in [7, 11) is 0. The average molecular weight is 439 g/mol. The summed E-state index contributed by atoms with van der Waals surface area (Å²) in [5, 5.41) is 8.03. The predicted molar refractivity (Wildman–Crippen MR) is 122 cm³/mol. The zero-order valence-corrected chi connectivity index (χ0v) is 18.4. The molecule has 162 valence electrons. The number of pyridine rings is 1. The molecule has 1 unspecified atom stereocenters. The zero-order chi connectivity index (χ0) is 21.4. The van der Waals surface area contributed by atoms with Gasteiger partial charge in [0.15, 0.2) is 6.29 Å². The van der Waals surface area contributed by atoms with Crippen LogP contribution >= 0.6 is 11.8 Å². The lowest BCUT2D eigenvalue weighted by molar-refractivity contribution is -0.112. The molecular formula is C24H27FN4OS. The summed E-state index contributed by atoms with van der Waals surface area (Å²) in [5.74, 6) is 0.0720. The van der Waals surface area contributed by atoms with Crippen LogP contribution < -0.4 is 5.32 Å². The molecule has 1 N–H and O–H groups in total. The number of aldehydes is 1. The first kappa shape index (κ1) is 20.5. The Kier molecular flexibility index (Phi) is 5.48. The Bertz CT molecular complexity index is 994. The van der Waals surface area contributed by atoms with Crippen molar-refractivity contribution in [3.05, 3.63) is 65.7 Å². The van der Waals surface area contributed by atoms with E-state index in [0.29, 0.717) is 17.8 Å². The molecule has 1 aromatic carbocycles. The average Bonchev–Trinajstić information content (AvgIpc) is 3.45. The van der Waals surface area contributed by atoms with Crippen LogP contribution in [0.5, 0.6) is 0 Å². The number of hydrazine groups is 1. The topological polar surface area (TPSA) is 48.5 Å². The second-order valence-electron chi connectivity index (χ2n) is 8.76. The Labute approximate surface area is 186 Å². The third-order valence-corrected chi connectivity index (χ3v) is 7.91. The normalized spacial score (nSPS) is 25.2. The minimum absolute atomic E-state index is 0.137. The minimum atomic E-state index is -0.479. The molecule has 1 aromatic heterocycles. The Morgan fingerprint density at radius 1 is 1.19 bits per heavy atom. The van der Waals surface area contributed by atoms with E-state index in [1.807, 2.05) is 18.2 Å². The fraction of sp³-hybridized carbons (Fsp3) is 0.417. The van der Waals surface area contributed by atoms with Gasteiger partial charge < -0.3 is 5.32 Å². The van der Waals surface area contributed by atoms with Crippen molar-refractivity contribution in [1.82, 2.24) is 15.0 Å². The summed E-state index contributed by atoms with van der Waals surface area (Å²) in [6.07, 6.45) is 5.80. The van der Waals surface area contributed by atoms with Crippen molar-refractivity contribution in [2.45, 2.75) is 44.0 Å². The Morgan fingerprint density at radius 3 is 2.71 bits per heavy atom. The fourth-order valence-electron chi connectivity index (χ4n) is 4.90. The van der Waals surface area contributed by atoms with Crippen molar-refractivity contribution in [3.8, 4) is 0 Å². The molecule has 2 atom stereocenters. The van der Waals surface area contributed by atoms with E-state index in [1.54, 1.807) is 23.9 Å². The van der Waals surface area contributed by atoms with Crippen molar-refractivity contribution < 1.29 is 9.18 Å². The third-order valence-electron chi connectivity index (χ3n) is 6.69. The molecule has 1 aliphatic carbocycles. The summed E-state index contributed by atoms with van der Waals surface area (Å²) in [5.41, 5.74) is 2.27.